The van der Waals surface area contributed by atoms with Gasteiger partial charge in [-0.15, -0.1) is 0 Å². The summed E-state index contributed by atoms with van der Waals surface area (Å²) in [5, 5.41) is 13.7. The van der Waals surface area contributed by atoms with Crippen molar-refractivity contribution >= 4 is 28.8 Å². The van der Waals surface area contributed by atoms with Crippen LogP contribution in [0.2, 0.25) is 0 Å². The van der Waals surface area contributed by atoms with Crippen LogP contribution in [0.4, 0.5) is 17.1 Å². The maximum atomic E-state index is 7.29. The molecule has 4 rings (SSSR count). The number of nitrogens with zero attached hydrogens (tertiary/aromatic N) is 1. The van der Waals surface area contributed by atoms with Gasteiger partial charge in [0.2, 0.25) is 0 Å². The highest BCUT2D eigenvalue weighted by molar-refractivity contribution is 5.81. The predicted octanol–water partition coefficient (Wildman–Crippen LogP) is 5.60. The summed E-state index contributed by atoms with van der Waals surface area (Å²) >= 11 is 0. The van der Waals surface area contributed by atoms with E-state index in [0.717, 1.165) is 17.7 Å². The Morgan fingerprint density at radius 3 is 2.28 bits per heavy atom. The van der Waals surface area contributed by atoms with Crippen molar-refractivity contribution < 1.29 is 0 Å². The largest absolute Gasteiger partial charge is 0.388 e. The van der Waals surface area contributed by atoms with Crippen molar-refractivity contribution in [2.24, 2.45) is 0 Å². The van der Waals surface area contributed by atoms with Crippen molar-refractivity contribution in [3.63, 3.8) is 0 Å². The molecule has 0 fully saturated rings. The lowest BCUT2D eigenvalue weighted by atomic mass is 9.91. The summed E-state index contributed by atoms with van der Waals surface area (Å²) in [7, 11) is 3.92. The second-order valence-corrected chi connectivity index (χ2v) is 7.81. The lowest BCUT2D eigenvalue weighted by Gasteiger charge is -2.37. The number of para-hydroxylation sites is 1. The summed E-state index contributed by atoms with van der Waals surface area (Å²) in [4.78, 5) is 2.58. The summed E-state index contributed by atoms with van der Waals surface area (Å²) in [5.74, 6) is 0. The van der Waals surface area contributed by atoms with Crippen molar-refractivity contribution in [1.82, 2.24) is 0 Å². The average Bonchev–Trinajstić information content (AvgIpc) is 2.74. The Bertz CT molecular complexity index is 838. The second kappa shape index (κ2) is 10.1. The molecule has 154 valence electrons. The Kier molecular flexibility index (Phi) is 7.34. The standard InChI is InChI=1S/C13H18N2.C12H16N2/c1-14-12-8-10-4-2-6-15-7-3-5-11(9-12)13(10)15;1-10(13)6-5-8-11-7-3-4-9-12(11)14-2/h8-9,14H,2-7H2,1H3;3-5,7-9,13-14H,6H2,1-2H3/b;8-5-,13-10?. The minimum Gasteiger partial charge on any atom is -0.388 e. The van der Waals surface area contributed by atoms with Gasteiger partial charge in [0.05, 0.1) is 0 Å². The first-order valence-electron chi connectivity index (χ1n) is 10.7. The normalized spacial score (nSPS) is 14.7. The van der Waals surface area contributed by atoms with Crippen LogP contribution in [0.3, 0.4) is 0 Å². The fourth-order valence-corrected chi connectivity index (χ4v) is 4.18. The third kappa shape index (κ3) is 5.41. The number of aryl methyl sites for hydroxylation is 2. The molecule has 29 heavy (non-hydrogen) atoms. The van der Waals surface area contributed by atoms with Gasteiger partial charge in [-0.25, -0.2) is 0 Å². The van der Waals surface area contributed by atoms with E-state index in [4.69, 9.17) is 5.41 Å². The van der Waals surface area contributed by atoms with Gasteiger partial charge in [-0.1, -0.05) is 30.4 Å². The second-order valence-electron chi connectivity index (χ2n) is 7.81. The van der Waals surface area contributed by atoms with Crippen molar-refractivity contribution in [1.29, 1.82) is 5.41 Å². The zero-order valence-corrected chi connectivity index (χ0v) is 18.0. The molecule has 0 amide bonds. The lowest BCUT2D eigenvalue weighted by Crippen LogP contribution is -2.34. The third-order valence-electron chi connectivity index (χ3n) is 5.57. The molecule has 2 aromatic rings. The fraction of sp³-hybridized carbons (Fsp3) is 0.400. The molecule has 2 aromatic carbocycles. The number of allylic oxidation sites excluding steroid dienone is 1. The smallest absolute Gasteiger partial charge is 0.0432 e. The van der Waals surface area contributed by atoms with E-state index >= 15 is 0 Å². The number of anilines is 3. The number of hydrogen-bond donors (Lipinski definition) is 3. The maximum absolute atomic E-state index is 7.29. The maximum Gasteiger partial charge on any atom is 0.0432 e. The average molecular weight is 391 g/mol. The number of rotatable bonds is 5. The van der Waals surface area contributed by atoms with Gasteiger partial charge in [-0.3, -0.25) is 0 Å². The van der Waals surface area contributed by atoms with Crippen LogP contribution in [0, 0.1) is 5.41 Å². The van der Waals surface area contributed by atoms with Crippen LogP contribution in [-0.2, 0) is 12.8 Å². The molecule has 0 saturated heterocycles. The van der Waals surface area contributed by atoms with Crippen LogP contribution in [-0.4, -0.2) is 32.9 Å². The number of hydrogen-bond acceptors (Lipinski definition) is 4. The van der Waals surface area contributed by atoms with Crippen LogP contribution in [0.25, 0.3) is 6.08 Å². The monoisotopic (exact) mass is 390 g/mol. The van der Waals surface area contributed by atoms with Gasteiger partial charge >= 0.3 is 0 Å². The van der Waals surface area contributed by atoms with Crippen LogP contribution < -0.4 is 15.5 Å². The molecule has 4 nitrogen and oxygen atoms in total. The predicted molar refractivity (Wildman–Crippen MR) is 128 cm³/mol. The van der Waals surface area contributed by atoms with Gasteiger partial charge in [-0.2, -0.15) is 0 Å². The van der Waals surface area contributed by atoms with E-state index in [-0.39, 0.29) is 0 Å². The van der Waals surface area contributed by atoms with Crippen molar-refractivity contribution in [2.45, 2.75) is 39.0 Å². The highest BCUT2D eigenvalue weighted by atomic mass is 15.1. The molecule has 0 saturated carbocycles. The first kappa shape index (κ1) is 21.0. The van der Waals surface area contributed by atoms with Gasteiger partial charge in [-0.05, 0) is 67.5 Å². The molecule has 0 unspecified atom stereocenters. The topological polar surface area (TPSA) is 51.1 Å². The Morgan fingerprint density at radius 1 is 1.03 bits per heavy atom. The van der Waals surface area contributed by atoms with Crippen molar-refractivity contribution in [3.8, 4) is 0 Å². The quantitative estimate of drug-likeness (QED) is 0.583. The summed E-state index contributed by atoms with van der Waals surface area (Å²) in [5.41, 5.74) is 8.93. The third-order valence-corrected chi connectivity index (χ3v) is 5.57. The van der Waals surface area contributed by atoms with E-state index in [9.17, 15) is 0 Å². The zero-order chi connectivity index (χ0) is 20.6. The van der Waals surface area contributed by atoms with E-state index in [1.54, 1.807) is 16.8 Å². The van der Waals surface area contributed by atoms with Gasteiger partial charge in [0.25, 0.3) is 0 Å². The highest BCUT2D eigenvalue weighted by Crippen LogP contribution is 2.37. The minimum atomic E-state index is 0.684. The molecular weight excluding hydrogens is 356 g/mol. The van der Waals surface area contributed by atoms with E-state index in [0.29, 0.717) is 5.71 Å². The highest BCUT2D eigenvalue weighted by Gasteiger charge is 2.23. The minimum absolute atomic E-state index is 0.684. The van der Waals surface area contributed by atoms with Gasteiger partial charge < -0.3 is 20.9 Å². The number of nitrogens with one attached hydrogen (secondary N) is 3. The van der Waals surface area contributed by atoms with Crippen molar-refractivity contribution in [3.05, 3.63) is 59.2 Å². The Hall–Kier alpha value is -2.75. The molecule has 3 N–H and O–H groups in total. The van der Waals surface area contributed by atoms with Crippen LogP contribution in [0.5, 0.6) is 0 Å². The fourth-order valence-electron chi connectivity index (χ4n) is 4.18. The SMILES string of the molecule is CNc1cc2c3c(c1)CCCN3CCC2.CNc1ccccc1/C=C\CC(C)=N. The van der Waals surface area contributed by atoms with Gasteiger partial charge in [0.15, 0.2) is 0 Å². The Labute approximate surface area is 175 Å². The summed E-state index contributed by atoms with van der Waals surface area (Å²) < 4.78 is 0. The molecule has 0 aliphatic carbocycles. The molecule has 2 heterocycles. The van der Waals surface area contributed by atoms with E-state index in [1.807, 2.05) is 51.4 Å². The van der Waals surface area contributed by atoms with E-state index in [2.05, 4.69) is 33.7 Å². The molecule has 0 aromatic heterocycles. The number of benzene rings is 2. The zero-order valence-electron chi connectivity index (χ0n) is 18.0. The van der Waals surface area contributed by atoms with Crippen LogP contribution in [0.1, 0.15) is 42.9 Å². The molecule has 0 bridgehead atoms. The van der Waals surface area contributed by atoms with Crippen LogP contribution in [0.15, 0.2) is 42.5 Å². The van der Waals surface area contributed by atoms with E-state index in [1.165, 1.54) is 44.5 Å². The summed E-state index contributed by atoms with van der Waals surface area (Å²) in [6, 6.07) is 12.8. The van der Waals surface area contributed by atoms with Gasteiger partial charge in [0.1, 0.15) is 0 Å². The molecule has 2 aliphatic heterocycles. The molecule has 4 heteroatoms. The Balaban J connectivity index is 0.000000166. The van der Waals surface area contributed by atoms with E-state index < -0.39 is 0 Å². The molecule has 0 spiro atoms. The van der Waals surface area contributed by atoms with Crippen LogP contribution >= 0.6 is 0 Å². The first-order chi connectivity index (χ1) is 14.1. The summed E-state index contributed by atoms with van der Waals surface area (Å²) in [6.45, 7) is 4.34. The van der Waals surface area contributed by atoms with Crippen molar-refractivity contribution in [2.75, 3.05) is 42.7 Å². The lowest BCUT2D eigenvalue weighted by molar-refractivity contribution is 0.634. The molecule has 0 radical (unpaired) electrons. The van der Waals surface area contributed by atoms with Gasteiger partial charge in [0, 0.05) is 56.4 Å². The molecule has 0 atom stereocenters. The molecule has 2 aliphatic rings. The first-order valence-corrected chi connectivity index (χ1v) is 10.7. The Morgan fingerprint density at radius 2 is 1.69 bits per heavy atom. The molecular formula is C25H34N4. The summed E-state index contributed by atoms with van der Waals surface area (Å²) in [6.07, 6.45) is 9.93.